The highest BCUT2D eigenvalue weighted by atomic mass is 79.9. The number of rotatable bonds is 6. The number of benzene rings is 1. The van der Waals surface area contributed by atoms with Crippen LogP contribution in [0.4, 0.5) is 5.95 Å². The first-order chi connectivity index (χ1) is 13.9. The number of ether oxygens (including phenoxy) is 2. The number of hydrazone groups is 1. The summed E-state index contributed by atoms with van der Waals surface area (Å²) < 4.78 is 12.1. The Morgan fingerprint density at radius 2 is 2.10 bits per heavy atom. The van der Waals surface area contributed by atoms with E-state index in [1.165, 1.54) is 6.21 Å². The minimum Gasteiger partial charge on any atom is -0.506 e. The third-order valence-electron chi connectivity index (χ3n) is 3.91. The van der Waals surface area contributed by atoms with Crippen molar-refractivity contribution in [2.24, 2.45) is 5.10 Å². The number of hydrogen-bond donors (Lipinski definition) is 2. The monoisotopic (exact) mass is 527 g/mol. The predicted molar refractivity (Wildman–Crippen MR) is 115 cm³/mol. The van der Waals surface area contributed by atoms with E-state index in [0.717, 1.165) is 10.2 Å². The van der Waals surface area contributed by atoms with E-state index in [0.29, 0.717) is 48.2 Å². The van der Waals surface area contributed by atoms with Gasteiger partial charge in [0.1, 0.15) is 5.75 Å². The molecule has 3 rings (SSSR count). The zero-order valence-electron chi connectivity index (χ0n) is 15.6. The summed E-state index contributed by atoms with van der Waals surface area (Å²) in [6, 6.07) is 5.04. The van der Waals surface area contributed by atoms with Crippen molar-refractivity contribution in [3.05, 3.63) is 38.4 Å². The normalized spacial score (nSPS) is 14.2. The van der Waals surface area contributed by atoms with Crippen molar-refractivity contribution in [3.63, 3.8) is 0 Å². The van der Waals surface area contributed by atoms with Crippen LogP contribution in [0.1, 0.15) is 11.3 Å². The molecule has 1 aromatic heterocycles. The quantitative estimate of drug-likeness (QED) is 0.437. The number of anilines is 1. The molecule has 0 aliphatic carbocycles. The van der Waals surface area contributed by atoms with Gasteiger partial charge in [-0.25, -0.2) is 10.4 Å². The van der Waals surface area contributed by atoms with Gasteiger partial charge in [-0.2, -0.15) is 10.1 Å². The molecule has 11 heteroatoms. The van der Waals surface area contributed by atoms with Crippen LogP contribution in [0, 0.1) is 6.92 Å². The van der Waals surface area contributed by atoms with E-state index in [-0.39, 0.29) is 12.4 Å². The van der Waals surface area contributed by atoms with Crippen molar-refractivity contribution < 1.29 is 19.4 Å². The Hall–Kier alpha value is -2.24. The maximum absolute atomic E-state index is 12.0. The zero-order valence-corrected chi connectivity index (χ0v) is 18.7. The first-order valence-corrected chi connectivity index (χ1v) is 10.3. The highest BCUT2D eigenvalue weighted by Gasteiger charge is 2.15. The van der Waals surface area contributed by atoms with E-state index in [2.05, 4.69) is 52.4 Å². The number of phenolic OH excluding ortho intramolecular Hbond substituents is 1. The molecule has 2 heterocycles. The van der Waals surface area contributed by atoms with Crippen LogP contribution < -0.4 is 15.1 Å². The van der Waals surface area contributed by atoms with E-state index in [4.69, 9.17) is 9.47 Å². The van der Waals surface area contributed by atoms with E-state index < -0.39 is 5.91 Å². The summed E-state index contributed by atoms with van der Waals surface area (Å²) in [7, 11) is 0. The highest BCUT2D eigenvalue weighted by molar-refractivity contribution is 9.11. The van der Waals surface area contributed by atoms with Gasteiger partial charge in [-0.1, -0.05) is 15.9 Å². The number of amides is 1. The van der Waals surface area contributed by atoms with Gasteiger partial charge in [0.25, 0.3) is 5.91 Å². The van der Waals surface area contributed by atoms with Gasteiger partial charge < -0.3 is 19.5 Å². The fourth-order valence-corrected chi connectivity index (χ4v) is 3.79. The molecule has 2 aromatic rings. The molecule has 1 aliphatic rings. The van der Waals surface area contributed by atoms with E-state index >= 15 is 0 Å². The molecule has 0 atom stereocenters. The van der Waals surface area contributed by atoms with Gasteiger partial charge in [0.15, 0.2) is 6.61 Å². The number of halogens is 2. The molecule has 29 heavy (non-hydrogen) atoms. The van der Waals surface area contributed by atoms with E-state index in [1.807, 2.05) is 11.8 Å². The first kappa shape index (κ1) is 21.5. The Morgan fingerprint density at radius 3 is 2.86 bits per heavy atom. The number of morpholine rings is 1. The molecule has 0 spiro atoms. The maximum Gasteiger partial charge on any atom is 0.278 e. The van der Waals surface area contributed by atoms with Crippen LogP contribution in [0.5, 0.6) is 11.6 Å². The number of carbonyl (C=O) groups excluding carboxylic acids is 1. The second kappa shape index (κ2) is 9.99. The standard InChI is InChI=1S/C18H19Br2N5O4/c1-11-6-16(23-18(22-11)25-2-4-28-5-3-25)29-10-15(26)24-21-9-12-7-13(19)8-14(20)17(12)27/h6-9,27H,2-5,10H2,1H3,(H,24,26)/b21-9+. The summed E-state index contributed by atoms with van der Waals surface area (Å²) >= 11 is 6.56. The third kappa shape index (κ3) is 6.12. The number of aromatic nitrogens is 2. The molecule has 1 aromatic carbocycles. The van der Waals surface area contributed by atoms with Crippen LogP contribution in [0.2, 0.25) is 0 Å². The van der Waals surface area contributed by atoms with E-state index in [9.17, 15) is 9.90 Å². The molecule has 0 saturated carbocycles. The number of phenols is 1. The lowest BCUT2D eigenvalue weighted by molar-refractivity contribution is -0.123. The van der Waals surface area contributed by atoms with Gasteiger partial charge in [0.05, 0.1) is 23.9 Å². The molecule has 154 valence electrons. The van der Waals surface area contributed by atoms with Gasteiger partial charge in [-0.15, -0.1) is 0 Å². The summed E-state index contributed by atoms with van der Waals surface area (Å²) in [6.45, 7) is 4.24. The molecule has 9 nitrogen and oxygen atoms in total. The van der Waals surface area contributed by atoms with Gasteiger partial charge >= 0.3 is 0 Å². The molecular weight excluding hydrogens is 510 g/mol. The summed E-state index contributed by atoms with van der Waals surface area (Å²) in [5, 5.41) is 13.8. The molecular formula is C18H19Br2N5O4. The Morgan fingerprint density at radius 1 is 1.34 bits per heavy atom. The molecule has 1 fully saturated rings. The molecule has 0 unspecified atom stereocenters. The molecule has 1 amide bonds. The minimum absolute atomic E-state index is 0.0227. The second-order valence-corrected chi connectivity index (χ2v) is 7.92. The van der Waals surface area contributed by atoms with Crippen molar-refractivity contribution in [2.75, 3.05) is 37.8 Å². The summed E-state index contributed by atoms with van der Waals surface area (Å²) in [5.74, 6) is 0.428. The van der Waals surface area contributed by atoms with Gasteiger partial charge in [-0.3, -0.25) is 4.79 Å². The lowest BCUT2D eigenvalue weighted by Crippen LogP contribution is -2.37. The Bertz CT molecular complexity index is 919. The van der Waals surface area contributed by atoms with Crippen molar-refractivity contribution in [3.8, 4) is 11.6 Å². The van der Waals surface area contributed by atoms with Crippen LogP contribution in [0.15, 0.2) is 32.2 Å². The lowest BCUT2D eigenvalue weighted by Gasteiger charge is -2.27. The smallest absolute Gasteiger partial charge is 0.278 e. The van der Waals surface area contributed by atoms with Gasteiger partial charge in [-0.05, 0) is 35.0 Å². The Balaban J connectivity index is 1.56. The van der Waals surface area contributed by atoms with E-state index in [1.54, 1.807) is 18.2 Å². The number of hydrogen-bond acceptors (Lipinski definition) is 8. The largest absolute Gasteiger partial charge is 0.506 e. The lowest BCUT2D eigenvalue weighted by atomic mass is 10.2. The molecule has 0 bridgehead atoms. The van der Waals surface area contributed by atoms with Crippen LogP contribution in [-0.4, -0.2) is 60.1 Å². The fourth-order valence-electron chi connectivity index (χ4n) is 2.53. The third-order valence-corrected chi connectivity index (χ3v) is 4.98. The minimum atomic E-state index is -0.459. The Labute approximate surface area is 184 Å². The molecule has 1 saturated heterocycles. The maximum atomic E-state index is 12.0. The van der Waals surface area contributed by atoms with Gasteiger partial charge in [0, 0.05) is 34.9 Å². The van der Waals surface area contributed by atoms with Crippen LogP contribution in [-0.2, 0) is 9.53 Å². The summed E-state index contributed by atoms with van der Waals surface area (Å²) in [5.41, 5.74) is 3.53. The zero-order chi connectivity index (χ0) is 20.8. The SMILES string of the molecule is Cc1cc(OCC(=O)N/N=C/c2cc(Br)cc(Br)c2O)nc(N2CCOCC2)n1. The fraction of sp³-hybridized carbons (Fsp3) is 0.333. The Kier molecular flexibility index (Phi) is 7.40. The van der Waals surface area contributed by atoms with Crippen molar-refractivity contribution in [1.29, 1.82) is 0 Å². The predicted octanol–water partition coefficient (Wildman–Crippen LogP) is 2.38. The average Bonchev–Trinajstić information content (AvgIpc) is 2.70. The number of nitrogens with one attached hydrogen (secondary N) is 1. The van der Waals surface area contributed by atoms with Crippen molar-refractivity contribution >= 4 is 49.9 Å². The van der Waals surface area contributed by atoms with Gasteiger partial charge in [0.2, 0.25) is 11.8 Å². The second-order valence-electron chi connectivity index (χ2n) is 6.15. The molecule has 0 radical (unpaired) electrons. The van der Waals surface area contributed by atoms with Crippen LogP contribution >= 0.6 is 31.9 Å². The summed E-state index contributed by atoms with van der Waals surface area (Å²) in [4.78, 5) is 22.8. The number of aromatic hydroxyl groups is 1. The average molecular weight is 529 g/mol. The van der Waals surface area contributed by atoms with Crippen molar-refractivity contribution in [2.45, 2.75) is 6.92 Å². The number of carbonyl (C=O) groups is 1. The van der Waals surface area contributed by atoms with Crippen LogP contribution in [0.25, 0.3) is 0 Å². The first-order valence-electron chi connectivity index (χ1n) is 8.73. The topological polar surface area (TPSA) is 109 Å². The summed E-state index contributed by atoms with van der Waals surface area (Å²) in [6.07, 6.45) is 1.34. The molecule has 2 N–H and O–H groups in total. The highest BCUT2D eigenvalue weighted by Crippen LogP contribution is 2.30. The number of nitrogens with zero attached hydrogens (tertiary/aromatic N) is 4. The van der Waals surface area contributed by atoms with Crippen molar-refractivity contribution in [1.82, 2.24) is 15.4 Å². The molecule has 1 aliphatic heterocycles. The van der Waals surface area contributed by atoms with Crippen LogP contribution in [0.3, 0.4) is 0 Å². The number of aryl methyl sites for hydroxylation is 1.